The zero-order chi connectivity index (χ0) is 11.1. The van der Waals surface area contributed by atoms with Crippen molar-refractivity contribution >= 4 is 9.84 Å². The van der Waals surface area contributed by atoms with Crippen LogP contribution in [0.2, 0.25) is 0 Å². The smallest absolute Gasteiger partial charge is 0.152 e. The summed E-state index contributed by atoms with van der Waals surface area (Å²) in [4.78, 5) is 0. The fourth-order valence-corrected chi connectivity index (χ4v) is 4.59. The first-order chi connectivity index (χ1) is 6.89. The largest absolute Gasteiger partial charge is 0.375 e. The highest BCUT2D eigenvalue weighted by molar-refractivity contribution is 7.91. The van der Waals surface area contributed by atoms with E-state index < -0.39 is 15.4 Å². The minimum atomic E-state index is -2.89. The Labute approximate surface area is 91.1 Å². The second kappa shape index (κ2) is 3.71. The van der Waals surface area contributed by atoms with E-state index in [9.17, 15) is 8.42 Å². The Balaban J connectivity index is 1.95. The van der Waals surface area contributed by atoms with Crippen LogP contribution in [0.3, 0.4) is 0 Å². The van der Waals surface area contributed by atoms with Crippen molar-refractivity contribution in [2.24, 2.45) is 5.73 Å². The van der Waals surface area contributed by atoms with Crippen molar-refractivity contribution in [3.63, 3.8) is 0 Å². The molecule has 0 amide bonds. The van der Waals surface area contributed by atoms with Gasteiger partial charge in [0.25, 0.3) is 0 Å². The maximum absolute atomic E-state index is 11.4. The minimum Gasteiger partial charge on any atom is -0.375 e. The summed E-state index contributed by atoms with van der Waals surface area (Å²) in [6.07, 6.45) is 3.82. The summed E-state index contributed by atoms with van der Waals surface area (Å²) in [7, 11) is -2.89. The van der Waals surface area contributed by atoms with Crippen LogP contribution < -0.4 is 5.73 Å². The van der Waals surface area contributed by atoms with Gasteiger partial charge >= 0.3 is 0 Å². The molecule has 0 saturated carbocycles. The van der Waals surface area contributed by atoms with E-state index in [0.29, 0.717) is 18.9 Å². The fourth-order valence-electron chi connectivity index (χ4n) is 2.59. The first-order valence-electron chi connectivity index (χ1n) is 5.53. The summed E-state index contributed by atoms with van der Waals surface area (Å²) in [5, 5.41) is 0. The molecule has 0 aromatic heterocycles. The summed E-state index contributed by atoms with van der Waals surface area (Å²) >= 11 is 0. The number of sulfone groups is 1. The van der Waals surface area contributed by atoms with Gasteiger partial charge in [0, 0.05) is 5.54 Å². The molecule has 0 aliphatic carbocycles. The molecule has 0 aromatic carbocycles. The summed E-state index contributed by atoms with van der Waals surface area (Å²) in [6.45, 7) is 2.05. The molecular formula is C10H19NO3S. The van der Waals surface area contributed by atoms with Crippen LogP contribution in [0.5, 0.6) is 0 Å². The number of hydrogen-bond donors (Lipinski definition) is 1. The highest BCUT2D eigenvalue weighted by Crippen LogP contribution is 2.31. The van der Waals surface area contributed by atoms with E-state index in [4.69, 9.17) is 10.5 Å². The minimum absolute atomic E-state index is 0.133. The zero-order valence-corrected chi connectivity index (χ0v) is 9.92. The van der Waals surface area contributed by atoms with Crippen molar-refractivity contribution < 1.29 is 13.2 Å². The van der Waals surface area contributed by atoms with E-state index >= 15 is 0 Å². The third-order valence-corrected chi connectivity index (χ3v) is 5.21. The van der Waals surface area contributed by atoms with E-state index in [1.165, 1.54) is 0 Å². The standard InChI is InChI=1S/C10H19NO3S/c1-8-2-3-9(14-8)6-10(11)4-5-15(12,13)7-10/h8-9H,2-7,11H2,1H3. The van der Waals surface area contributed by atoms with Crippen molar-refractivity contribution in [3.8, 4) is 0 Å². The molecule has 0 radical (unpaired) electrons. The molecule has 2 aliphatic heterocycles. The van der Waals surface area contributed by atoms with Gasteiger partial charge in [-0.25, -0.2) is 8.42 Å². The highest BCUT2D eigenvalue weighted by atomic mass is 32.2. The molecule has 0 spiro atoms. The molecule has 0 bridgehead atoms. The van der Waals surface area contributed by atoms with Gasteiger partial charge in [-0.15, -0.1) is 0 Å². The lowest BCUT2D eigenvalue weighted by molar-refractivity contribution is 0.0392. The normalized spacial score (nSPS) is 44.7. The average molecular weight is 233 g/mol. The monoisotopic (exact) mass is 233 g/mol. The van der Waals surface area contributed by atoms with Gasteiger partial charge in [-0.1, -0.05) is 0 Å². The first-order valence-corrected chi connectivity index (χ1v) is 7.35. The van der Waals surface area contributed by atoms with Gasteiger partial charge in [0.1, 0.15) is 0 Å². The van der Waals surface area contributed by atoms with Crippen LogP contribution >= 0.6 is 0 Å². The SMILES string of the molecule is CC1CCC(CC2(N)CCS(=O)(=O)C2)O1. The van der Waals surface area contributed by atoms with Gasteiger partial charge in [0.05, 0.1) is 23.7 Å². The molecule has 3 unspecified atom stereocenters. The van der Waals surface area contributed by atoms with Gasteiger partial charge in [0.2, 0.25) is 0 Å². The summed E-state index contributed by atoms with van der Waals surface area (Å²) in [5.74, 6) is 0.375. The fraction of sp³-hybridized carbons (Fsp3) is 1.00. The second-order valence-corrected chi connectivity index (χ2v) is 7.24. The van der Waals surface area contributed by atoms with Crippen LogP contribution in [0.15, 0.2) is 0 Å². The topological polar surface area (TPSA) is 69.4 Å². The second-order valence-electron chi connectivity index (χ2n) is 5.05. The Morgan fingerprint density at radius 1 is 1.47 bits per heavy atom. The zero-order valence-electron chi connectivity index (χ0n) is 9.11. The lowest BCUT2D eigenvalue weighted by Crippen LogP contribution is -2.44. The average Bonchev–Trinajstić information content (AvgIpc) is 2.57. The Bertz CT molecular complexity index is 341. The Hall–Kier alpha value is -0.130. The summed E-state index contributed by atoms with van der Waals surface area (Å²) < 4.78 is 28.4. The predicted molar refractivity (Wildman–Crippen MR) is 58.4 cm³/mol. The third kappa shape index (κ3) is 2.71. The number of nitrogens with two attached hydrogens (primary N) is 1. The quantitative estimate of drug-likeness (QED) is 0.752. The molecule has 2 saturated heterocycles. The maximum atomic E-state index is 11.4. The van der Waals surface area contributed by atoms with Gasteiger partial charge in [-0.2, -0.15) is 0 Å². The van der Waals surface area contributed by atoms with Crippen LogP contribution in [0.4, 0.5) is 0 Å². The Kier molecular flexibility index (Phi) is 2.81. The number of ether oxygens (including phenoxy) is 1. The highest BCUT2D eigenvalue weighted by Gasteiger charge is 2.41. The van der Waals surface area contributed by atoms with E-state index in [0.717, 1.165) is 12.8 Å². The lowest BCUT2D eigenvalue weighted by atomic mass is 9.92. The Morgan fingerprint density at radius 3 is 2.67 bits per heavy atom. The van der Waals surface area contributed by atoms with Crippen LogP contribution in [-0.4, -0.2) is 37.7 Å². The molecular weight excluding hydrogens is 214 g/mol. The van der Waals surface area contributed by atoms with E-state index in [2.05, 4.69) is 6.92 Å². The van der Waals surface area contributed by atoms with Gasteiger partial charge < -0.3 is 10.5 Å². The molecule has 2 heterocycles. The molecule has 3 atom stereocenters. The number of rotatable bonds is 2. The van der Waals surface area contributed by atoms with Gasteiger partial charge in [-0.05, 0) is 32.6 Å². The third-order valence-electron chi connectivity index (χ3n) is 3.37. The predicted octanol–water partition coefficient (Wildman–Crippen LogP) is 0.460. The van der Waals surface area contributed by atoms with Crippen LogP contribution in [0.1, 0.15) is 32.6 Å². The number of hydrogen-bond acceptors (Lipinski definition) is 4. The van der Waals surface area contributed by atoms with Crippen LogP contribution in [0, 0.1) is 0 Å². The van der Waals surface area contributed by atoms with Gasteiger partial charge in [0.15, 0.2) is 9.84 Å². The summed E-state index contributed by atoms with van der Waals surface area (Å²) in [6, 6.07) is 0. The molecule has 2 fully saturated rings. The molecule has 2 aliphatic rings. The molecule has 0 aromatic rings. The molecule has 2 rings (SSSR count). The molecule has 5 heteroatoms. The van der Waals surface area contributed by atoms with Crippen molar-refractivity contribution in [1.82, 2.24) is 0 Å². The molecule has 15 heavy (non-hydrogen) atoms. The van der Waals surface area contributed by atoms with Crippen molar-refractivity contribution in [2.45, 2.75) is 50.4 Å². The molecule has 2 N–H and O–H groups in total. The lowest BCUT2D eigenvalue weighted by Gasteiger charge is -2.25. The van der Waals surface area contributed by atoms with E-state index in [1.54, 1.807) is 0 Å². The van der Waals surface area contributed by atoms with Crippen molar-refractivity contribution in [1.29, 1.82) is 0 Å². The Morgan fingerprint density at radius 2 is 2.20 bits per heavy atom. The molecule has 4 nitrogen and oxygen atoms in total. The first kappa shape index (κ1) is 11.4. The summed E-state index contributed by atoms with van der Waals surface area (Å²) in [5.41, 5.74) is 5.57. The van der Waals surface area contributed by atoms with Crippen molar-refractivity contribution in [2.75, 3.05) is 11.5 Å². The van der Waals surface area contributed by atoms with E-state index in [-0.39, 0.29) is 17.6 Å². The molecule has 88 valence electrons. The van der Waals surface area contributed by atoms with Gasteiger partial charge in [-0.3, -0.25) is 0 Å². The maximum Gasteiger partial charge on any atom is 0.152 e. The van der Waals surface area contributed by atoms with Crippen molar-refractivity contribution in [3.05, 3.63) is 0 Å². The van der Waals surface area contributed by atoms with Crippen LogP contribution in [0.25, 0.3) is 0 Å². The van der Waals surface area contributed by atoms with Crippen LogP contribution in [-0.2, 0) is 14.6 Å². The van der Waals surface area contributed by atoms with E-state index in [1.807, 2.05) is 0 Å².